The van der Waals surface area contributed by atoms with E-state index in [0.717, 1.165) is 5.56 Å². The van der Waals surface area contributed by atoms with Crippen molar-refractivity contribution in [2.45, 2.75) is 19.8 Å². The highest BCUT2D eigenvalue weighted by atomic mass is 35.5. The smallest absolute Gasteiger partial charge is 0.305 e. The summed E-state index contributed by atoms with van der Waals surface area (Å²) in [6, 6.07) is 7.22. The second-order valence-electron chi connectivity index (χ2n) is 4.09. The normalized spacial score (nSPS) is 10.5. The quantitative estimate of drug-likeness (QED) is 0.478. The van der Waals surface area contributed by atoms with Gasteiger partial charge in [-0.3, -0.25) is 9.59 Å². The molecular formula is C15H18ClNO3. The average molecular weight is 296 g/mol. The van der Waals surface area contributed by atoms with E-state index in [9.17, 15) is 9.59 Å². The summed E-state index contributed by atoms with van der Waals surface area (Å²) in [7, 11) is 0. The first-order valence-corrected chi connectivity index (χ1v) is 6.86. The van der Waals surface area contributed by atoms with Gasteiger partial charge < -0.3 is 10.1 Å². The van der Waals surface area contributed by atoms with Crippen LogP contribution in [0.25, 0.3) is 6.08 Å². The number of amides is 1. The molecule has 0 aliphatic rings. The zero-order chi connectivity index (χ0) is 14.8. The topological polar surface area (TPSA) is 55.4 Å². The molecular weight excluding hydrogens is 278 g/mol. The molecule has 108 valence electrons. The first kappa shape index (κ1) is 16.2. The Balaban J connectivity index is 2.25. The van der Waals surface area contributed by atoms with Crippen LogP contribution >= 0.6 is 11.6 Å². The number of benzene rings is 1. The van der Waals surface area contributed by atoms with Gasteiger partial charge in [-0.1, -0.05) is 23.7 Å². The summed E-state index contributed by atoms with van der Waals surface area (Å²) in [6.07, 6.45) is 4.00. The minimum absolute atomic E-state index is 0.200. The lowest BCUT2D eigenvalue weighted by Gasteiger charge is -2.02. The summed E-state index contributed by atoms with van der Waals surface area (Å²) in [5.41, 5.74) is 0.860. The maximum atomic E-state index is 11.5. The Labute approximate surface area is 123 Å². The Morgan fingerprint density at radius 1 is 1.40 bits per heavy atom. The maximum Gasteiger partial charge on any atom is 0.305 e. The summed E-state index contributed by atoms with van der Waals surface area (Å²) < 4.78 is 4.79. The number of hydrogen-bond acceptors (Lipinski definition) is 3. The fraction of sp³-hybridized carbons (Fsp3) is 0.333. The van der Waals surface area contributed by atoms with Crippen molar-refractivity contribution in [3.63, 3.8) is 0 Å². The van der Waals surface area contributed by atoms with E-state index in [4.69, 9.17) is 16.3 Å². The van der Waals surface area contributed by atoms with Gasteiger partial charge in [-0.2, -0.15) is 0 Å². The molecule has 0 aliphatic carbocycles. The Kier molecular flexibility index (Phi) is 7.43. The third-order valence-electron chi connectivity index (χ3n) is 2.44. The molecule has 1 aromatic rings. The molecule has 0 aromatic heterocycles. The summed E-state index contributed by atoms with van der Waals surface area (Å²) in [5.74, 6) is -0.440. The second kappa shape index (κ2) is 9.15. The number of carbonyl (C=O) groups is 2. The molecule has 1 amide bonds. The minimum atomic E-state index is -0.240. The van der Waals surface area contributed by atoms with Crippen molar-refractivity contribution in [1.82, 2.24) is 5.32 Å². The van der Waals surface area contributed by atoms with Crippen molar-refractivity contribution >= 4 is 29.6 Å². The monoisotopic (exact) mass is 295 g/mol. The molecule has 0 aliphatic heterocycles. The fourth-order valence-corrected chi connectivity index (χ4v) is 1.72. The third-order valence-corrected chi connectivity index (χ3v) is 2.67. The number of hydrogen-bond donors (Lipinski definition) is 1. The van der Waals surface area contributed by atoms with E-state index in [-0.39, 0.29) is 11.9 Å². The molecule has 0 saturated carbocycles. The van der Waals surface area contributed by atoms with Crippen LogP contribution in [0, 0.1) is 0 Å². The predicted molar refractivity (Wildman–Crippen MR) is 79.4 cm³/mol. The number of rotatable bonds is 7. The second-order valence-corrected chi connectivity index (χ2v) is 4.52. The summed E-state index contributed by atoms with van der Waals surface area (Å²) in [4.78, 5) is 22.6. The zero-order valence-corrected chi connectivity index (χ0v) is 12.2. The summed E-state index contributed by atoms with van der Waals surface area (Å²) >= 11 is 5.84. The molecule has 0 radical (unpaired) electrons. The average Bonchev–Trinajstić information content (AvgIpc) is 2.42. The van der Waals surface area contributed by atoms with Gasteiger partial charge in [0, 0.05) is 24.1 Å². The van der Waals surface area contributed by atoms with Crippen LogP contribution < -0.4 is 5.32 Å². The summed E-state index contributed by atoms with van der Waals surface area (Å²) in [5, 5.41) is 3.33. The number of nitrogens with one attached hydrogen (secondary N) is 1. The Morgan fingerprint density at radius 3 is 2.90 bits per heavy atom. The number of ether oxygens (including phenoxy) is 1. The van der Waals surface area contributed by atoms with Crippen molar-refractivity contribution in [1.29, 1.82) is 0 Å². The van der Waals surface area contributed by atoms with Crippen LogP contribution in [0.2, 0.25) is 5.02 Å². The number of carbonyl (C=O) groups excluding carboxylic acids is 2. The van der Waals surface area contributed by atoms with Crippen LogP contribution in [0.3, 0.4) is 0 Å². The van der Waals surface area contributed by atoms with Crippen LogP contribution in [0.15, 0.2) is 30.3 Å². The standard InChI is InChI=1S/C15H18ClNO3/c1-2-20-15(19)7-4-10-17-14(18)9-8-12-5-3-6-13(16)11-12/h3,5-6,8-9,11H,2,4,7,10H2,1H3,(H,17,18)/b9-8+. The predicted octanol–water partition coefficient (Wildman–Crippen LogP) is 2.81. The molecule has 0 fully saturated rings. The van der Waals surface area contributed by atoms with Crippen molar-refractivity contribution < 1.29 is 14.3 Å². The van der Waals surface area contributed by atoms with Crippen LogP contribution in [0.5, 0.6) is 0 Å². The maximum absolute atomic E-state index is 11.5. The molecule has 4 nitrogen and oxygen atoms in total. The number of esters is 1. The lowest BCUT2D eigenvalue weighted by Crippen LogP contribution is -2.22. The van der Waals surface area contributed by atoms with Gasteiger partial charge in [-0.25, -0.2) is 0 Å². The Bertz CT molecular complexity index is 486. The van der Waals surface area contributed by atoms with Gasteiger partial charge in [0.15, 0.2) is 0 Å². The molecule has 0 bridgehead atoms. The van der Waals surface area contributed by atoms with E-state index in [0.29, 0.717) is 31.0 Å². The molecule has 1 rings (SSSR count). The van der Waals surface area contributed by atoms with Gasteiger partial charge in [0.25, 0.3) is 0 Å². The van der Waals surface area contributed by atoms with Crippen molar-refractivity contribution in [2.24, 2.45) is 0 Å². The highest BCUT2D eigenvalue weighted by Crippen LogP contribution is 2.11. The van der Waals surface area contributed by atoms with Crippen LogP contribution in [-0.2, 0) is 14.3 Å². The molecule has 1 N–H and O–H groups in total. The fourth-order valence-electron chi connectivity index (χ4n) is 1.52. The first-order valence-electron chi connectivity index (χ1n) is 6.49. The molecule has 0 atom stereocenters. The van der Waals surface area contributed by atoms with Crippen LogP contribution in [-0.4, -0.2) is 25.0 Å². The molecule has 0 spiro atoms. The zero-order valence-electron chi connectivity index (χ0n) is 11.4. The van der Waals surface area contributed by atoms with E-state index < -0.39 is 0 Å². The molecule has 1 aromatic carbocycles. The SMILES string of the molecule is CCOC(=O)CCCNC(=O)/C=C/c1cccc(Cl)c1. The van der Waals surface area contributed by atoms with E-state index in [1.807, 2.05) is 12.1 Å². The largest absolute Gasteiger partial charge is 0.466 e. The lowest BCUT2D eigenvalue weighted by molar-refractivity contribution is -0.143. The highest BCUT2D eigenvalue weighted by Gasteiger charge is 2.01. The number of halogens is 1. The Morgan fingerprint density at radius 2 is 2.20 bits per heavy atom. The van der Waals surface area contributed by atoms with E-state index in [1.165, 1.54) is 6.08 Å². The van der Waals surface area contributed by atoms with Gasteiger partial charge in [-0.15, -0.1) is 0 Å². The van der Waals surface area contributed by atoms with Crippen LogP contribution in [0.1, 0.15) is 25.3 Å². The van der Waals surface area contributed by atoms with E-state index in [1.54, 1.807) is 25.1 Å². The minimum Gasteiger partial charge on any atom is -0.466 e. The van der Waals surface area contributed by atoms with Gasteiger partial charge in [0.2, 0.25) is 5.91 Å². The molecule has 0 unspecified atom stereocenters. The van der Waals surface area contributed by atoms with E-state index in [2.05, 4.69) is 5.32 Å². The lowest BCUT2D eigenvalue weighted by atomic mass is 10.2. The van der Waals surface area contributed by atoms with Gasteiger partial charge in [0.05, 0.1) is 6.61 Å². The van der Waals surface area contributed by atoms with Crippen LogP contribution in [0.4, 0.5) is 0 Å². The molecule has 0 saturated heterocycles. The van der Waals surface area contributed by atoms with Gasteiger partial charge >= 0.3 is 5.97 Å². The van der Waals surface area contributed by atoms with Crippen molar-refractivity contribution in [3.8, 4) is 0 Å². The highest BCUT2D eigenvalue weighted by molar-refractivity contribution is 6.30. The molecule has 20 heavy (non-hydrogen) atoms. The third kappa shape index (κ3) is 6.95. The molecule has 5 heteroatoms. The van der Waals surface area contributed by atoms with E-state index >= 15 is 0 Å². The summed E-state index contributed by atoms with van der Waals surface area (Å²) in [6.45, 7) is 2.59. The van der Waals surface area contributed by atoms with Gasteiger partial charge in [-0.05, 0) is 37.1 Å². The van der Waals surface area contributed by atoms with Crippen molar-refractivity contribution in [3.05, 3.63) is 40.9 Å². The Hall–Kier alpha value is -1.81. The first-order chi connectivity index (χ1) is 9.61. The molecule has 0 heterocycles. The van der Waals surface area contributed by atoms with Gasteiger partial charge in [0.1, 0.15) is 0 Å². The van der Waals surface area contributed by atoms with Crippen molar-refractivity contribution in [2.75, 3.05) is 13.2 Å².